The van der Waals surface area contributed by atoms with Gasteiger partial charge >= 0.3 is 0 Å². The molecular formula is C25H21NO2S. The van der Waals surface area contributed by atoms with E-state index in [9.17, 15) is 8.42 Å². The first-order valence-corrected chi connectivity index (χ1v) is 11.1. The molecule has 0 unspecified atom stereocenters. The molecule has 0 spiro atoms. The van der Waals surface area contributed by atoms with Crippen molar-refractivity contribution >= 4 is 42.6 Å². The normalized spacial score (nSPS) is 12.2. The maximum absolute atomic E-state index is 13.7. The van der Waals surface area contributed by atoms with Crippen LogP contribution in [-0.2, 0) is 10.0 Å². The maximum Gasteiger partial charge on any atom is 0.268 e. The van der Waals surface area contributed by atoms with Crippen LogP contribution in [0.15, 0.2) is 77.7 Å². The van der Waals surface area contributed by atoms with E-state index in [0.717, 1.165) is 32.8 Å². The van der Waals surface area contributed by atoms with Crippen molar-refractivity contribution in [3.8, 4) is 0 Å². The van der Waals surface area contributed by atoms with Crippen LogP contribution in [0.2, 0.25) is 0 Å². The standard InChI is InChI=1S/C25H21NO2S/c1-16-13-17(2)21-15-24-25(18(3)22(21)14-16)20-11-7-8-12-23(20)26(24)29(27,28)19-9-5-4-6-10-19/h4-15H,1-3H3. The quantitative estimate of drug-likeness (QED) is 0.359. The number of rotatable bonds is 2. The van der Waals surface area contributed by atoms with E-state index in [1.165, 1.54) is 14.9 Å². The summed E-state index contributed by atoms with van der Waals surface area (Å²) in [5.74, 6) is 0. The SMILES string of the molecule is Cc1cc(C)c2cc3c(c(C)c2c1)c1ccccc1n3S(=O)(=O)c1ccccc1. The highest BCUT2D eigenvalue weighted by Crippen LogP contribution is 2.38. The summed E-state index contributed by atoms with van der Waals surface area (Å²) >= 11 is 0. The molecular weight excluding hydrogens is 378 g/mol. The van der Waals surface area contributed by atoms with Gasteiger partial charge in [0.15, 0.2) is 0 Å². The predicted octanol–water partition coefficient (Wildman–Crippen LogP) is 6.11. The number of hydrogen-bond acceptors (Lipinski definition) is 2. The molecule has 4 aromatic carbocycles. The average Bonchev–Trinajstić information content (AvgIpc) is 3.05. The number of hydrogen-bond donors (Lipinski definition) is 0. The van der Waals surface area contributed by atoms with Crippen molar-refractivity contribution in [3.63, 3.8) is 0 Å². The Labute approximate surface area is 170 Å². The molecule has 0 bridgehead atoms. The molecule has 0 amide bonds. The van der Waals surface area contributed by atoms with Crippen LogP contribution in [0, 0.1) is 20.8 Å². The Morgan fingerprint density at radius 1 is 0.690 bits per heavy atom. The Kier molecular flexibility index (Phi) is 3.83. The van der Waals surface area contributed by atoms with Gasteiger partial charge in [0.2, 0.25) is 0 Å². The van der Waals surface area contributed by atoms with Crippen molar-refractivity contribution < 1.29 is 8.42 Å². The van der Waals surface area contributed by atoms with E-state index in [2.05, 4.69) is 32.9 Å². The Morgan fingerprint density at radius 2 is 1.38 bits per heavy atom. The van der Waals surface area contributed by atoms with E-state index >= 15 is 0 Å². The van der Waals surface area contributed by atoms with E-state index in [1.807, 2.05) is 36.4 Å². The van der Waals surface area contributed by atoms with E-state index in [0.29, 0.717) is 10.4 Å². The predicted molar refractivity (Wildman–Crippen MR) is 120 cm³/mol. The minimum Gasteiger partial charge on any atom is -0.233 e. The topological polar surface area (TPSA) is 39.1 Å². The van der Waals surface area contributed by atoms with E-state index in [-0.39, 0.29) is 0 Å². The van der Waals surface area contributed by atoms with E-state index in [1.54, 1.807) is 24.3 Å². The zero-order valence-electron chi connectivity index (χ0n) is 16.6. The second-order valence-electron chi connectivity index (χ2n) is 7.67. The molecule has 0 aliphatic carbocycles. The molecule has 3 nitrogen and oxygen atoms in total. The van der Waals surface area contributed by atoms with Gasteiger partial charge in [-0.1, -0.05) is 54.1 Å². The van der Waals surface area contributed by atoms with Gasteiger partial charge in [-0.2, -0.15) is 0 Å². The molecule has 1 heterocycles. The zero-order valence-corrected chi connectivity index (χ0v) is 17.4. The molecule has 0 aliphatic heterocycles. The summed E-state index contributed by atoms with van der Waals surface area (Å²) in [5.41, 5.74) is 4.91. The molecule has 5 aromatic rings. The number of nitrogens with zero attached hydrogens (tertiary/aromatic N) is 1. The molecule has 0 aliphatic rings. The van der Waals surface area contributed by atoms with Gasteiger partial charge in [-0.15, -0.1) is 0 Å². The van der Waals surface area contributed by atoms with Gasteiger partial charge in [0, 0.05) is 10.8 Å². The maximum atomic E-state index is 13.7. The molecule has 144 valence electrons. The van der Waals surface area contributed by atoms with Gasteiger partial charge in [0.25, 0.3) is 10.0 Å². The molecule has 0 atom stereocenters. The summed E-state index contributed by atoms with van der Waals surface area (Å²) in [4.78, 5) is 0.293. The van der Waals surface area contributed by atoms with Crippen molar-refractivity contribution in [2.45, 2.75) is 25.7 Å². The third-order valence-electron chi connectivity index (χ3n) is 5.74. The van der Waals surface area contributed by atoms with Crippen molar-refractivity contribution in [1.29, 1.82) is 0 Å². The lowest BCUT2D eigenvalue weighted by Crippen LogP contribution is -2.12. The molecule has 0 saturated carbocycles. The van der Waals surface area contributed by atoms with Crippen LogP contribution in [0.4, 0.5) is 0 Å². The highest BCUT2D eigenvalue weighted by Gasteiger charge is 2.24. The number of benzene rings is 4. The van der Waals surface area contributed by atoms with Crippen molar-refractivity contribution in [2.75, 3.05) is 0 Å². The van der Waals surface area contributed by atoms with Gasteiger partial charge in [-0.25, -0.2) is 12.4 Å². The smallest absolute Gasteiger partial charge is 0.233 e. The summed E-state index contributed by atoms with van der Waals surface area (Å²) < 4.78 is 28.9. The Bertz CT molecular complexity index is 1530. The average molecular weight is 400 g/mol. The molecule has 0 N–H and O–H groups in total. The van der Waals surface area contributed by atoms with Gasteiger partial charge in [0.1, 0.15) is 0 Å². The summed E-state index contributed by atoms with van der Waals surface area (Å²) in [6, 6.07) is 22.8. The summed E-state index contributed by atoms with van der Waals surface area (Å²) in [5, 5.41) is 4.22. The molecule has 0 radical (unpaired) electrons. The van der Waals surface area contributed by atoms with Gasteiger partial charge < -0.3 is 0 Å². The van der Waals surface area contributed by atoms with Crippen LogP contribution in [0.25, 0.3) is 32.6 Å². The van der Waals surface area contributed by atoms with Crippen LogP contribution in [0.5, 0.6) is 0 Å². The molecule has 4 heteroatoms. The molecule has 29 heavy (non-hydrogen) atoms. The number of fused-ring (bicyclic) bond motifs is 4. The van der Waals surface area contributed by atoms with E-state index in [4.69, 9.17) is 0 Å². The van der Waals surface area contributed by atoms with Gasteiger partial charge in [-0.3, -0.25) is 0 Å². The fraction of sp³-hybridized carbons (Fsp3) is 0.120. The van der Waals surface area contributed by atoms with Gasteiger partial charge in [-0.05, 0) is 66.9 Å². The van der Waals surface area contributed by atoms with Crippen LogP contribution < -0.4 is 0 Å². The summed E-state index contributed by atoms with van der Waals surface area (Å²) in [7, 11) is -3.74. The fourth-order valence-corrected chi connectivity index (χ4v) is 6.00. The van der Waals surface area contributed by atoms with Crippen molar-refractivity contribution in [3.05, 3.63) is 89.5 Å². The van der Waals surface area contributed by atoms with Crippen LogP contribution >= 0.6 is 0 Å². The van der Waals surface area contributed by atoms with Crippen molar-refractivity contribution in [2.24, 2.45) is 0 Å². The largest absolute Gasteiger partial charge is 0.268 e. The third kappa shape index (κ3) is 2.52. The second kappa shape index (κ2) is 6.19. The molecule has 5 rings (SSSR count). The first-order chi connectivity index (χ1) is 13.9. The Balaban J connectivity index is 2.04. The summed E-state index contributed by atoms with van der Waals surface area (Å²) in [6.45, 7) is 6.27. The summed E-state index contributed by atoms with van der Waals surface area (Å²) in [6.07, 6.45) is 0. The molecule has 1 aromatic heterocycles. The zero-order chi connectivity index (χ0) is 20.3. The van der Waals surface area contributed by atoms with Gasteiger partial charge in [0.05, 0.1) is 15.9 Å². The molecule has 0 fully saturated rings. The molecule has 0 saturated heterocycles. The minimum atomic E-state index is -3.74. The first kappa shape index (κ1) is 18.0. The second-order valence-corrected chi connectivity index (χ2v) is 9.46. The lowest BCUT2D eigenvalue weighted by Gasteiger charge is -2.12. The van der Waals surface area contributed by atoms with Crippen LogP contribution in [-0.4, -0.2) is 12.4 Å². The monoisotopic (exact) mass is 399 g/mol. The fourth-order valence-electron chi connectivity index (χ4n) is 4.47. The number of para-hydroxylation sites is 1. The Morgan fingerprint density at radius 3 is 2.14 bits per heavy atom. The highest BCUT2D eigenvalue weighted by molar-refractivity contribution is 7.90. The third-order valence-corrected chi connectivity index (χ3v) is 7.48. The lowest BCUT2D eigenvalue weighted by atomic mass is 9.95. The van der Waals surface area contributed by atoms with E-state index < -0.39 is 10.0 Å². The first-order valence-electron chi connectivity index (χ1n) is 9.64. The van der Waals surface area contributed by atoms with Crippen molar-refractivity contribution in [1.82, 2.24) is 3.97 Å². The number of aromatic nitrogens is 1. The Hall–Kier alpha value is -3.11. The highest BCUT2D eigenvalue weighted by atomic mass is 32.2. The van der Waals surface area contributed by atoms with Crippen LogP contribution in [0.1, 0.15) is 16.7 Å². The number of aryl methyl sites for hydroxylation is 3. The minimum absolute atomic E-state index is 0.293. The van der Waals surface area contributed by atoms with Crippen LogP contribution in [0.3, 0.4) is 0 Å². The lowest BCUT2D eigenvalue weighted by molar-refractivity contribution is 0.590.